The third kappa shape index (κ3) is 5.07. The second-order valence-corrected chi connectivity index (χ2v) is 8.68. The fourth-order valence-electron chi connectivity index (χ4n) is 4.22. The molecule has 1 aromatic heterocycles. The van der Waals surface area contributed by atoms with Gasteiger partial charge in [0.15, 0.2) is 5.82 Å². The summed E-state index contributed by atoms with van der Waals surface area (Å²) in [5.74, 6) is 1.40. The molecule has 0 bridgehead atoms. The van der Waals surface area contributed by atoms with Crippen molar-refractivity contribution in [3.8, 4) is 11.5 Å². The van der Waals surface area contributed by atoms with Crippen LogP contribution in [0, 0.1) is 0 Å². The standard InChI is InChI=1S/C27H29N5O3/c1-31-12-14-32(15-13-31)20-8-10-22(25(16-20)34-2)27(33)28-26-23-17-21(9-11-24(23)29-30-26)35-18-19-6-4-3-5-7-19/h3-11,16-17H,12-15,18H2,1-2H3,(H2,28,29,30,33). The predicted octanol–water partition coefficient (Wildman–Crippen LogP) is 4.15. The monoisotopic (exact) mass is 471 g/mol. The predicted molar refractivity (Wildman–Crippen MR) is 138 cm³/mol. The van der Waals surface area contributed by atoms with Gasteiger partial charge in [-0.3, -0.25) is 9.89 Å². The molecule has 1 saturated heterocycles. The maximum Gasteiger partial charge on any atom is 0.260 e. The number of carbonyl (C=O) groups excluding carboxylic acids is 1. The van der Waals surface area contributed by atoms with Crippen LogP contribution >= 0.6 is 0 Å². The molecule has 0 radical (unpaired) electrons. The Labute approximate surface area is 204 Å². The summed E-state index contributed by atoms with van der Waals surface area (Å²) in [6.07, 6.45) is 0. The van der Waals surface area contributed by atoms with Gasteiger partial charge in [0.2, 0.25) is 0 Å². The van der Waals surface area contributed by atoms with Crippen molar-refractivity contribution in [2.45, 2.75) is 6.61 Å². The molecule has 1 fully saturated rings. The summed E-state index contributed by atoms with van der Waals surface area (Å²) in [6.45, 7) is 4.36. The number of aromatic amines is 1. The van der Waals surface area contributed by atoms with Crippen molar-refractivity contribution in [2.24, 2.45) is 0 Å². The van der Waals surface area contributed by atoms with E-state index >= 15 is 0 Å². The van der Waals surface area contributed by atoms with E-state index in [1.54, 1.807) is 7.11 Å². The van der Waals surface area contributed by atoms with Crippen molar-refractivity contribution in [2.75, 3.05) is 50.6 Å². The molecule has 1 amide bonds. The summed E-state index contributed by atoms with van der Waals surface area (Å²) in [4.78, 5) is 17.8. The maximum absolute atomic E-state index is 13.2. The molecule has 35 heavy (non-hydrogen) atoms. The Morgan fingerprint density at radius 3 is 2.60 bits per heavy atom. The lowest BCUT2D eigenvalue weighted by Crippen LogP contribution is -2.44. The van der Waals surface area contributed by atoms with Crippen molar-refractivity contribution >= 4 is 28.3 Å². The molecule has 3 aromatic carbocycles. The quantitative estimate of drug-likeness (QED) is 0.421. The van der Waals surface area contributed by atoms with Crippen molar-refractivity contribution < 1.29 is 14.3 Å². The fourth-order valence-corrected chi connectivity index (χ4v) is 4.22. The van der Waals surface area contributed by atoms with Gasteiger partial charge in [0.1, 0.15) is 18.1 Å². The third-order valence-corrected chi connectivity index (χ3v) is 6.31. The Hall–Kier alpha value is -4.04. The summed E-state index contributed by atoms with van der Waals surface area (Å²) in [6, 6.07) is 21.4. The van der Waals surface area contributed by atoms with Crippen LogP contribution in [0.2, 0.25) is 0 Å². The number of nitrogens with one attached hydrogen (secondary N) is 2. The van der Waals surface area contributed by atoms with Gasteiger partial charge in [-0.25, -0.2) is 0 Å². The Morgan fingerprint density at radius 2 is 1.83 bits per heavy atom. The molecule has 0 aliphatic carbocycles. The number of piperazine rings is 1. The number of benzene rings is 3. The van der Waals surface area contributed by atoms with Gasteiger partial charge in [-0.1, -0.05) is 30.3 Å². The third-order valence-electron chi connectivity index (χ3n) is 6.31. The van der Waals surface area contributed by atoms with E-state index in [0.29, 0.717) is 29.5 Å². The van der Waals surface area contributed by atoms with E-state index in [1.165, 1.54) is 0 Å². The molecule has 1 aliphatic heterocycles. The zero-order valence-electron chi connectivity index (χ0n) is 20.0. The molecular formula is C27H29N5O3. The summed E-state index contributed by atoms with van der Waals surface area (Å²) in [7, 11) is 3.71. The number of fused-ring (bicyclic) bond motifs is 1. The second kappa shape index (κ2) is 10.1. The van der Waals surface area contributed by atoms with Crippen LogP contribution in [0.25, 0.3) is 10.9 Å². The summed E-state index contributed by atoms with van der Waals surface area (Å²) >= 11 is 0. The molecule has 1 aliphatic rings. The minimum Gasteiger partial charge on any atom is -0.496 e. The number of ether oxygens (including phenoxy) is 2. The van der Waals surface area contributed by atoms with Gasteiger partial charge in [-0.05, 0) is 42.9 Å². The average Bonchev–Trinajstić information content (AvgIpc) is 3.30. The Bertz CT molecular complexity index is 1310. The number of nitrogens with zero attached hydrogens (tertiary/aromatic N) is 3. The number of carbonyl (C=O) groups is 1. The first-order chi connectivity index (χ1) is 17.1. The highest BCUT2D eigenvalue weighted by Gasteiger charge is 2.19. The highest BCUT2D eigenvalue weighted by Crippen LogP contribution is 2.29. The van der Waals surface area contributed by atoms with Crippen LogP contribution in [0.3, 0.4) is 0 Å². The highest BCUT2D eigenvalue weighted by molar-refractivity contribution is 6.09. The maximum atomic E-state index is 13.2. The molecular weight excluding hydrogens is 442 g/mol. The second-order valence-electron chi connectivity index (χ2n) is 8.68. The van der Waals surface area contributed by atoms with Crippen molar-refractivity contribution in [3.05, 3.63) is 77.9 Å². The van der Waals surface area contributed by atoms with Crippen LogP contribution in [0.4, 0.5) is 11.5 Å². The van der Waals surface area contributed by atoms with Crippen LogP contribution < -0.4 is 19.7 Å². The lowest BCUT2D eigenvalue weighted by Gasteiger charge is -2.34. The largest absolute Gasteiger partial charge is 0.496 e. The lowest BCUT2D eigenvalue weighted by atomic mass is 10.1. The molecule has 2 N–H and O–H groups in total. The zero-order chi connectivity index (χ0) is 24.2. The van der Waals surface area contributed by atoms with E-state index in [2.05, 4.69) is 32.4 Å². The molecule has 180 valence electrons. The van der Waals surface area contributed by atoms with Gasteiger partial charge in [0.05, 0.1) is 18.2 Å². The van der Waals surface area contributed by atoms with Crippen LogP contribution in [0.1, 0.15) is 15.9 Å². The first kappa shape index (κ1) is 22.7. The smallest absolute Gasteiger partial charge is 0.260 e. The van der Waals surface area contributed by atoms with Crippen molar-refractivity contribution in [1.29, 1.82) is 0 Å². The minimum atomic E-state index is -0.282. The van der Waals surface area contributed by atoms with Crippen LogP contribution in [-0.2, 0) is 6.61 Å². The molecule has 0 unspecified atom stereocenters. The van der Waals surface area contributed by atoms with E-state index in [0.717, 1.165) is 48.3 Å². The SMILES string of the molecule is COc1cc(N2CCN(C)CC2)ccc1C(=O)Nc1n[nH]c2ccc(OCc3ccccc3)cc12. The molecule has 8 nitrogen and oxygen atoms in total. The summed E-state index contributed by atoms with van der Waals surface area (Å²) in [5, 5.41) is 11.0. The number of likely N-dealkylation sites (N-methyl/N-ethyl adjacent to an activating group) is 1. The Balaban J connectivity index is 1.32. The van der Waals surface area contributed by atoms with Crippen LogP contribution in [0.5, 0.6) is 11.5 Å². The van der Waals surface area contributed by atoms with E-state index in [9.17, 15) is 4.79 Å². The Morgan fingerprint density at radius 1 is 1.03 bits per heavy atom. The van der Waals surface area contributed by atoms with E-state index in [4.69, 9.17) is 9.47 Å². The zero-order valence-corrected chi connectivity index (χ0v) is 20.0. The van der Waals surface area contributed by atoms with Crippen LogP contribution in [-0.4, -0.2) is 61.3 Å². The van der Waals surface area contributed by atoms with Gasteiger partial charge in [0.25, 0.3) is 5.91 Å². The minimum absolute atomic E-state index is 0.282. The lowest BCUT2D eigenvalue weighted by molar-refractivity contribution is 0.102. The van der Waals surface area contributed by atoms with Gasteiger partial charge in [-0.2, -0.15) is 5.10 Å². The van der Waals surface area contributed by atoms with Gasteiger partial charge in [0, 0.05) is 43.3 Å². The van der Waals surface area contributed by atoms with Gasteiger partial charge in [-0.15, -0.1) is 0 Å². The van der Waals surface area contributed by atoms with Crippen molar-refractivity contribution in [3.63, 3.8) is 0 Å². The average molecular weight is 472 g/mol. The van der Waals surface area contributed by atoms with Gasteiger partial charge < -0.3 is 24.6 Å². The summed E-state index contributed by atoms with van der Waals surface area (Å²) in [5.41, 5.74) is 3.40. The normalized spacial score (nSPS) is 14.2. The fraction of sp³-hybridized carbons (Fsp3) is 0.259. The van der Waals surface area contributed by atoms with E-state index in [1.807, 2.05) is 66.7 Å². The highest BCUT2D eigenvalue weighted by atomic mass is 16.5. The Kier molecular flexibility index (Phi) is 6.54. The molecule has 8 heteroatoms. The summed E-state index contributed by atoms with van der Waals surface area (Å²) < 4.78 is 11.5. The number of rotatable bonds is 7. The number of hydrogen-bond donors (Lipinski definition) is 2. The van der Waals surface area contributed by atoms with Crippen LogP contribution in [0.15, 0.2) is 66.7 Å². The topological polar surface area (TPSA) is 82.7 Å². The van der Waals surface area contributed by atoms with E-state index < -0.39 is 0 Å². The van der Waals surface area contributed by atoms with E-state index in [-0.39, 0.29) is 5.91 Å². The van der Waals surface area contributed by atoms with Gasteiger partial charge >= 0.3 is 0 Å². The number of amides is 1. The number of anilines is 2. The molecule has 4 aromatic rings. The molecule has 0 atom stereocenters. The number of H-pyrrole nitrogens is 1. The van der Waals surface area contributed by atoms with Crippen molar-refractivity contribution in [1.82, 2.24) is 15.1 Å². The number of aromatic nitrogens is 2. The first-order valence-electron chi connectivity index (χ1n) is 11.7. The first-order valence-corrected chi connectivity index (χ1v) is 11.7. The molecule has 2 heterocycles. The molecule has 0 saturated carbocycles. The molecule has 0 spiro atoms. The number of hydrogen-bond acceptors (Lipinski definition) is 6. The molecule has 5 rings (SSSR count). The number of methoxy groups -OCH3 is 1.